The number of carbonyl (C=O) groups excluding carboxylic acids is 1. The largest absolute Gasteiger partial charge is 0.358 e. The van der Waals surface area contributed by atoms with Gasteiger partial charge < -0.3 is 11.1 Å². The molecule has 3 N–H and O–H groups in total. The number of nitrogens with one attached hydrogen (secondary N) is 1. The summed E-state index contributed by atoms with van der Waals surface area (Å²) in [4.78, 5) is 13.5. The Morgan fingerprint density at radius 2 is 2.50 bits per heavy atom. The molecule has 1 amide bonds. The molecule has 4 nitrogen and oxygen atoms in total. The van der Waals surface area contributed by atoms with Gasteiger partial charge in [0.2, 0.25) is 5.91 Å². The van der Waals surface area contributed by atoms with Crippen molar-refractivity contribution in [2.24, 2.45) is 5.73 Å². The molecular weight excluding hydrogens is 154 g/mol. The molecular formula is C8H17N3O. The maximum atomic E-state index is 11.3. The van der Waals surface area contributed by atoms with Crippen LogP contribution in [-0.4, -0.2) is 43.5 Å². The normalized spacial score (nSPS) is 24.3. The average Bonchev–Trinajstić information content (AvgIpc) is 2.52. The van der Waals surface area contributed by atoms with Gasteiger partial charge in [-0.3, -0.25) is 9.69 Å². The van der Waals surface area contributed by atoms with Gasteiger partial charge in [-0.25, -0.2) is 0 Å². The van der Waals surface area contributed by atoms with E-state index in [2.05, 4.69) is 10.2 Å². The Bertz CT molecular complexity index is 160. The Balaban J connectivity index is 2.45. The molecule has 0 aromatic carbocycles. The molecule has 0 bridgehead atoms. The van der Waals surface area contributed by atoms with E-state index in [1.54, 1.807) is 7.05 Å². The Morgan fingerprint density at radius 1 is 1.75 bits per heavy atom. The van der Waals surface area contributed by atoms with Gasteiger partial charge in [-0.15, -0.1) is 0 Å². The maximum absolute atomic E-state index is 11.3. The average molecular weight is 171 g/mol. The van der Waals surface area contributed by atoms with Crippen molar-refractivity contribution in [3.8, 4) is 0 Å². The second-order valence-electron chi connectivity index (χ2n) is 3.10. The van der Waals surface area contributed by atoms with Crippen molar-refractivity contribution in [2.45, 2.75) is 18.9 Å². The van der Waals surface area contributed by atoms with Crippen LogP contribution in [0.4, 0.5) is 0 Å². The van der Waals surface area contributed by atoms with E-state index < -0.39 is 0 Å². The lowest BCUT2D eigenvalue weighted by Crippen LogP contribution is -2.43. The molecule has 0 saturated carbocycles. The second kappa shape index (κ2) is 4.42. The SMILES string of the molecule is CNC(=O)C1CCCN1CCN. The van der Waals surface area contributed by atoms with Crippen molar-refractivity contribution < 1.29 is 4.79 Å². The first kappa shape index (κ1) is 9.48. The fourth-order valence-corrected chi connectivity index (χ4v) is 1.72. The molecule has 1 unspecified atom stereocenters. The number of carbonyl (C=O) groups is 1. The predicted molar refractivity (Wildman–Crippen MR) is 47.7 cm³/mol. The van der Waals surface area contributed by atoms with Crippen LogP contribution in [0.15, 0.2) is 0 Å². The summed E-state index contributed by atoms with van der Waals surface area (Å²) in [6.45, 7) is 2.47. The van der Waals surface area contributed by atoms with Crippen molar-refractivity contribution in [3.63, 3.8) is 0 Å². The summed E-state index contributed by atoms with van der Waals surface area (Å²) < 4.78 is 0. The number of likely N-dealkylation sites (N-methyl/N-ethyl adjacent to an activating group) is 1. The van der Waals surface area contributed by atoms with Gasteiger partial charge in [0.25, 0.3) is 0 Å². The quantitative estimate of drug-likeness (QED) is 0.582. The van der Waals surface area contributed by atoms with E-state index in [0.717, 1.165) is 25.9 Å². The predicted octanol–water partition coefficient (Wildman–Crippen LogP) is -0.844. The Morgan fingerprint density at radius 3 is 3.08 bits per heavy atom. The fourth-order valence-electron chi connectivity index (χ4n) is 1.72. The van der Waals surface area contributed by atoms with Crippen LogP contribution in [0.2, 0.25) is 0 Å². The number of hydrogen-bond donors (Lipinski definition) is 2. The summed E-state index contributed by atoms with van der Waals surface area (Å²) in [7, 11) is 1.68. The first-order valence-corrected chi connectivity index (χ1v) is 4.45. The first-order valence-electron chi connectivity index (χ1n) is 4.45. The van der Waals surface area contributed by atoms with Crippen LogP contribution >= 0.6 is 0 Å². The monoisotopic (exact) mass is 171 g/mol. The zero-order valence-electron chi connectivity index (χ0n) is 7.55. The van der Waals surface area contributed by atoms with E-state index >= 15 is 0 Å². The summed E-state index contributed by atoms with van der Waals surface area (Å²) in [5.74, 6) is 0.126. The molecule has 0 aromatic heterocycles. The highest BCUT2D eigenvalue weighted by atomic mass is 16.2. The third-order valence-corrected chi connectivity index (χ3v) is 2.33. The topological polar surface area (TPSA) is 58.4 Å². The number of nitrogens with zero attached hydrogens (tertiary/aromatic N) is 1. The molecule has 1 aliphatic heterocycles. The number of likely N-dealkylation sites (tertiary alicyclic amines) is 1. The van der Waals surface area contributed by atoms with Gasteiger partial charge in [0, 0.05) is 20.1 Å². The van der Waals surface area contributed by atoms with Crippen molar-refractivity contribution in [2.75, 3.05) is 26.7 Å². The molecule has 1 atom stereocenters. The summed E-state index contributed by atoms with van der Waals surface area (Å²) in [6.07, 6.45) is 2.08. The summed E-state index contributed by atoms with van der Waals surface area (Å²) >= 11 is 0. The Hall–Kier alpha value is -0.610. The van der Waals surface area contributed by atoms with E-state index in [0.29, 0.717) is 6.54 Å². The zero-order chi connectivity index (χ0) is 8.97. The lowest BCUT2D eigenvalue weighted by Gasteiger charge is -2.21. The smallest absolute Gasteiger partial charge is 0.237 e. The Labute approximate surface area is 73.1 Å². The van der Waals surface area contributed by atoms with Crippen LogP contribution in [-0.2, 0) is 4.79 Å². The van der Waals surface area contributed by atoms with Crippen LogP contribution in [0.5, 0.6) is 0 Å². The van der Waals surface area contributed by atoms with Gasteiger partial charge in [-0.2, -0.15) is 0 Å². The molecule has 12 heavy (non-hydrogen) atoms. The van der Waals surface area contributed by atoms with E-state index in [4.69, 9.17) is 5.73 Å². The highest BCUT2D eigenvalue weighted by Gasteiger charge is 2.28. The van der Waals surface area contributed by atoms with Crippen molar-refractivity contribution in [1.29, 1.82) is 0 Å². The van der Waals surface area contributed by atoms with Crippen molar-refractivity contribution >= 4 is 5.91 Å². The number of nitrogens with two attached hydrogens (primary N) is 1. The van der Waals surface area contributed by atoms with Gasteiger partial charge in [0.15, 0.2) is 0 Å². The van der Waals surface area contributed by atoms with E-state index in [9.17, 15) is 4.79 Å². The van der Waals surface area contributed by atoms with E-state index in [1.165, 1.54) is 0 Å². The molecule has 1 fully saturated rings. The third kappa shape index (κ3) is 1.95. The first-order chi connectivity index (χ1) is 5.79. The van der Waals surface area contributed by atoms with Gasteiger partial charge in [0.1, 0.15) is 0 Å². The second-order valence-corrected chi connectivity index (χ2v) is 3.10. The molecule has 1 saturated heterocycles. The van der Waals surface area contributed by atoms with Crippen molar-refractivity contribution in [1.82, 2.24) is 10.2 Å². The minimum Gasteiger partial charge on any atom is -0.358 e. The number of rotatable bonds is 3. The highest BCUT2D eigenvalue weighted by molar-refractivity contribution is 5.81. The molecule has 4 heteroatoms. The van der Waals surface area contributed by atoms with Crippen LogP contribution < -0.4 is 11.1 Å². The molecule has 0 spiro atoms. The molecule has 0 aliphatic carbocycles. The number of hydrogen-bond acceptors (Lipinski definition) is 3. The molecule has 70 valence electrons. The minimum atomic E-state index is 0.0681. The number of amides is 1. The maximum Gasteiger partial charge on any atom is 0.237 e. The van der Waals surface area contributed by atoms with E-state index in [1.807, 2.05) is 0 Å². The lowest BCUT2D eigenvalue weighted by atomic mass is 10.2. The van der Waals surface area contributed by atoms with Crippen LogP contribution in [0.3, 0.4) is 0 Å². The van der Waals surface area contributed by atoms with Crippen LogP contribution in [0, 0.1) is 0 Å². The van der Waals surface area contributed by atoms with Gasteiger partial charge >= 0.3 is 0 Å². The van der Waals surface area contributed by atoms with Crippen LogP contribution in [0.25, 0.3) is 0 Å². The van der Waals surface area contributed by atoms with E-state index in [-0.39, 0.29) is 11.9 Å². The fraction of sp³-hybridized carbons (Fsp3) is 0.875. The summed E-state index contributed by atoms with van der Waals surface area (Å²) in [6, 6.07) is 0.0681. The highest BCUT2D eigenvalue weighted by Crippen LogP contribution is 2.15. The standard InChI is InChI=1S/C8H17N3O/c1-10-8(12)7-3-2-5-11(7)6-4-9/h7H,2-6,9H2,1H3,(H,10,12). The van der Waals surface area contributed by atoms with Crippen molar-refractivity contribution in [3.05, 3.63) is 0 Å². The summed E-state index contributed by atoms with van der Waals surface area (Å²) in [5.41, 5.74) is 5.44. The Kier molecular flexibility index (Phi) is 3.49. The lowest BCUT2D eigenvalue weighted by molar-refractivity contribution is -0.124. The molecule has 1 rings (SSSR count). The minimum absolute atomic E-state index is 0.0681. The van der Waals surface area contributed by atoms with Gasteiger partial charge in [0.05, 0.1) is 6.04 Å². The molecule has 1 heterocycles. The zero-order valence-corrected chi connectivity index (χ0v) is 7.55. The molecule has 1 aliphatic rings. The van der Waals surface area contributed by atoms with Gasteiger partial charge in [-0.1, -0.05) is 0 Å². The third-order valence-electron chi connectivity index (χ3n) is 2.33. The summed E-state index contributed by atoms with van der Waals surface area (Å²) in [5, 5.41) is 2.67. The van der Waals surface area contributed by atoms with Gasteiger partial charge in [-0.05, 0) is 19.4 Å². The van der Waals surface area contributed by atoms with Crippen LogP contribution in [0.1, 0.15) is 12.8 Å². The molecule has 0 radical (unpaired) electrons. The molecule has 0 aromatic rings.